The van der Waals surface area contributed by atoms with Gasteiger partial charge in [-0.05, 0) is 84.6 Å². The number of allylic oxidation sites excluding steroid dienone is 2. The minimum absolute atomic E-state index is 0.193. The Morgan fingerprint density at radius 2 is 2.16 bits per heavy atom. The Morgan fingerprint density at radius 3 is 2.92 bits per heavy atom. The van der Waals surface area contributed by atoms with Crippen LogP contribution in [-0.2, 0) is 11.2 Å². The summed E-state index contributed by atoms with van der Waals surface area (Å²) in [7, 11) is 1.73. The number of benzene rings is 1. The monoisotopic (exact) mass is 338 g/mol. The van der Waals surface area contributed by atoms with Crippen LogP contribution in [0.25, 0.3) is 5.57 Å². The smallest absolute Gasteiger partial charge is 0.303 e. The molecule has 5 rings (SSSR count). The first kappa shape index (κ1) is 15.5. The van der Waals surface area contributed by atoms with E-state index in [2.05, 4.69) is 25.1 Å². The van der Waals surface area contributed by atoms with E-state index in [-0.39, 0.29) is 5.41 Å². The predicted molar refractivity (Wildman–Crippen MR) is 96.5 cm³/mol. The van der Waals surface area contributed by atoms with E-state index in [4.69, 9.17) is 4.74 Å². The van der Waals surface area contributed by atoms with Gasteiger partial charge in [-0.3, -0.25) is 4.79 Å². The molecule has 4 atom stereocenters. The summed E-state index contributed by atoms with van der Waals surface area (Å²) in [5, 5.41) is 9.37. The lowest BCUT2D eigenvalue weighted by Gasteiger charge is -2.48. The maximum atomic E-state index is 11.4. The lowest BCUT2D eigenvalue weighted by molar-refractivity contribution is -0.139. The van der Waals surface area contributed by atoms with E-state index in [1.54, 1.807) is 18.3 Å². The van der Waals surface area contributed by atoms with Crippen LogP contribution in [0, 0.1) is 22.7 Å². The van der Waals surface area contributed by atoms with Gasteiger partial charge in [0.2, 0.25) is 0 Å². The summed E-state index contributed by atoms with van der Waals surface area (Å²) in [6.45, 7) is 2.40. The van der Waals surface area contributed by atoms with Gasteiger partial charge in [-0.25, -0.2) is 0 Å². The van der Waals surface area contributed by atoms with Gasteiger partial charge < -0.3 is 9.84 Å². The van der Waals surface area contributed by atoms with Crippen LogP contribution in [0.15, 0.2) is 23.8 Å². The van der Waals surface area contributed by atoms with Gasteiger partial charge in [-0.1, -0.05) is 18.6 Å². The van der Waals surface area contributed by atoms with Crippen LogP contribution in [0.4, 0.5) is 0 Å². The number of methoxy groups -OCH3 is 1. The molecule has 1 aromatic carbocycles. The number of ether oxygens (including phenoxy) is 1. The van der Waals surface area contributed by atoms with Crippen molar-refractivity contribution in [1.29, 1.82) is 0 Å². The summed E-state index contributed by atoms with van der Waals surface area (Å²) in [4.78, 5) is 11.4. The zero-order chi connectivity index (χ0) is 17.4. The molecule has 1 spiro atoms. The summed E-state index contributed by atoms with van der Waals surface area (Å²) >= 11 is 0. The first-order valence-corrected chi connectivity index (χ1v) is 9.61. The van der Waals surface area contributed by atoms with Crippen molar-refractivity contribution in [1.82, 2.24) is 0 Å². The van der Waals surface area contributed by atoms with Crippen molar-refractivity contribution in [3.8, 4) is 5.75 Å². The second kappa shape index (κ2) is 4.90. The third kappa shape index (κ3) is 1.84. The average molecular weight is 338 g/mol. The molecule has 0 radical (unpaired) electrons. The van der Waals surface area contributed by atoms with Crippen LogP contribution in [0.5, 0.6) is 5.75 Å². The molecule has 4 aliphatic rings. The quantitative estimate of drug-likeness (QED) is 0.869. The lowest BCUT2D eigenvalue weighted by Crippen LogP contribution is -2.39. The van der Waals surface area contributed by atoms with Crippen LogP contribution < -0.4 is 4.74 Å². The van der Waals surface area contributed by atoms with E-state index in [1.807, 2.05) is 0 Å². The molecule has 132 valence electrons. The van der Waals surface area contributed by atoms with Gasteiger partial charge in [0.15, 0.2) is 0 Å². The summed E-state index contributed by atoms with van der Waals surface area (Å²) in [6.07, 6.45) is 7.27. The molecular weight excluding hydrogens is 312 g/mol. The topological polar surface area (TPSA) is 46.5 Å². The van der Waals surface area contributed by atoms with Gasteiger partial charge in [0, 0.05) is 11.8 Å². The molecule has 0 aliphatic heterocycles. The van der Waals surface area contributed by atoms with E-state index in [0.29, 0.717) is 17.8 Å². The minimum Gasteiger partial charge on any atom is -0.497 e. The molecule has 0 amide bonds. The van der Waals surface area contributed by atoms with E-state index >= 15 is 0 Å². The number of hydrogen-bond donors (Lipinski definition) is 1. The molecule has 1 aromatic rings. The second-order valence-electron chi connectivity index (χ2n) is 8.80. The van der Waals surface area contributed by atoms with Crippen molar-refractivity contribution in [2.75, 3.05) is 7.11 Å². The Hall–Kier alpha value is -1.77. The molecule has 25 heavy (non-hydrogen) atoms. The van der Waals surface area contributed by atoms with Gasteiger partial charge in [-0.15, -0.1) is 0 Å². The number of fused-ring (bicyclic) bond motifs is 2. The number of carbonyl (C=O) groups is 1. The van der Waals surface area contributed by atoms with Crippen molar-refractivity contribution in [3.05, 3.63) is 34.9 Å². The molecular formula is C22H26O3. The molecule has 2 saturated carbocycles. The fourth-order valence-electron chi connectivity index (χ4n) is 6.88. The van der Waals surface area contributed by atoms with Gasteiger partial charge >= 0.3 is 5.97 Å². The summed E-state index contributed by atoms with van der Waals surface area (Å²) in [5.41, 5.74) is 6.65. The fourth-order valence-corrected chi connectivity index (χ4v) is 6.88. The zero-order valence-electron chi connectivity index (χ0n) is 15.1. The predicted octanol–water partition coefficient (Wildman–Crippen LogP) is 4.70. The van der Waals surface area contributed by atoms with Crippen molar-refractivity contribution in [2.24, 2.45) is 22.7 Å². The maximum absolute atomic E-state index is 11.4. The Kier molecular flexibility index (Phi) is 3.03. The van der Waals surface area contributed by atoms with Crippen molar-refractivity contribution in [2.45, 2.75) is 51.9 Å². The van der Waals surface area contributed by atoms with Gasteiger partial charge in [0.1, 0.15) is 5.75 Å². The number of rotatable bonds is 3. The molecule has 1 N–H and O–H groups in total. The van der Waals surface area contributed by atoms with Crippen molar-refractivity contribution < 1.29 is 14.6 Å². The first-order valence-electron chi connectivity index (χ1n) is 9.61. The summed E-state index contributed by atoms with van der Waals surface area (Å²) < 4.78 is 5.41. The van der Waals surface area contributed by atoms with Crippen LogP contribution in [0.3, 0.4) is 0 Å². The maximum Gasteiger partial charge on any atom is 0.303 e. The molecule has 2 fully saturated rings. The molecule has 0 heterocycles. The number of carboxylic acid groups (broad SMARTS) is 1. The summed E-state index contributed by atoms with van der Waals surface area (Å²) in [5.74, 6) is 1.42. The SMILES string of the molecule is COc1ccc2c(c1)CCC1=C2CC[C@]2(C)[C@H](CC(=O)O)C[C@@H]3C[C@@]132. The van der Waals surface area contributed by atoms with Crippen LogP contribution in [0.1, 0.15) is 56.6 Å². The normalized spacial score (nSPS) is 37.7. The molecule has 3 heteroatoms. The van der Waals surface area contributed by atoms with Crippen molar-refractivity contribution >= 4 is 11.5 Å². The first-order chi connectivity index (χ1) is 12.0. The van der Waals surface area contributed by atoms with Crippen LogP contribution in [0.2, 0.25) is 0 Å². The van der Waals surface area contributed by atoms with E-state index < -0.39 is 5.97 Å². The van der Waals surface area contributed by atoms with E-state index in [9.17, 15) is 9.90 Å². The largest absolute Gasteiger partial charge is 0.497 e. The Morgan fingerprint density at radius 1 is 1.32 bits per heavy atom. The Balaban J connectivity index is 1.58. The standard InChI is InChI=1S/C22H26O3/c1-21-8-7-18-17-5-4-16(25-2)9-13(17)3-6-19(18)22(21)12-15(22)10-14(21)11-20(23)24/h4-5,9,14-15H,3,6-8,10-12H2,1-2H3,(H,23,24)/t14-,15+,21+,22-/m0/s1. The fraction of sp³-hybridized carbons (Fsp3) is 0.591. The highest BCUT2D eigenvalue weighted by atomic mass is 16.5. The van der Waals surface area contributed by atoms with Crippen LogP contribution in [-0.4, -0.2) is 18.2 Å². The number of hydrogen-bond acceptors (Lipinski definition) is 2. The lowest BCUT2D eigenvalue weighted by atomic mass is 9.56. The third-order valence-electron chi connectivity index (χ3n) is 8.09. The van der Waals surface area contributed by atoms with E-state index in [0.717, 1.165) is 43.8 Å². The highest BCUT2D eigenvalue weighted by Crippen LogP contribution is 2.82. The Bertz CT molecular complexity index is 807. The molecule has 4 aliphatic carbocycles. The minimum atomic E-state index is -0.622. The highest BCUT2D eigenvalue weighted by Gasteiger charge is 2.74. The number of carboxylic acids is 1. The highest BCUT2D eigenvalue weighted by molar-refractivity contribution is 5.77. The van der Waals surface area contributed by atoms with Gasteiger partial charge in [-0.2, -0.15) is 0 Å². The molecule has 0 saturated heterocycles. The number of aliphatic carboxylic acids is 1. The van der Waals surface area contributed by atoms with Crippen molar-refractivity contribution in [3.63, 3.8) is 0 Å². The average Bonchev–Trinajstić information content (AvgIpc) is 3.26. The third-order valence-corrected chi connectivity index (χ3v) is 8.09. The van der Waals surface area contributed by atoms with E-state index in [1.165, 1.54) is 17.5 Å². The zero-order valence-corrected chi connectivity index (χ0v) is 15.1. The molecule has 3 nitrogen and oxygen atoms in total. The van der Waals surface area contributed by atoms with Gasteiger partial charge in [0.25, 0.3) is 0 Å². The number of aryl methyl sites for hydroxylation is 1. The summed E-state index contributed by atoms with van der Waals surface area (Å²) in [6, 6.07) is 6.55. The van der Waals surface area contributed by atoms with Gasteiger partial charge in [0.05, 0.1) is 7.11 Å². The Labute approximate surface area is 149 Å². The molecule has 0 bridgehead atoms. The molecule has 0 unspecified atom stereocenters. The second-order valence-corrected chi connectivity index (χ2v) is 8.80. The molecule has 0 aromatic heterocycles. The van der Waals surface area contributed by atoms with Crippen LogP contribution >= 0.6 is 0 Å².